The van der Waals surface area contributed by atoms with Crippen LogP contribution in [0.1, 0.15) is 83.1 Å². The van der Waals surface area contributed by atoms with Gasteiger partial charge < -0.3 is 36.6 Å². The van der Waals surface area contributed by atoms with Crippen LogP contribution in [-0.4, -0.2) is 76.5 Å². The van der Waals surface area contributed by atoms with Crippen LogP contribution in [0.5, 0.6) is 0 Å². The maximum Gasteiger partial charge on any atom is 0.330 e. The second kappa shape index (κ2) is 12.0. The number of esters is 1. The van der Waals surface area contributed by atoms with Crippen molar-refractivity contribution in [2.45, 2.75) is 117 Å². The van der Waals surface area contributed by atoms with Crippen molar-refractivity contribution >= 4 is 35.6 Å². The van der Waals surface area contributed by atoms with Crippen molar-refractivity contribution in [3.8, 4) is 0 Å². The lowest BCUT2D eigenvalue weighted by molar-refractivity contribution is -0.150. The molecule has 0 aliphatic rings. The van der Waals surface area contributed by atoms with Gasteiger partial charge in [-0.25, -0.2) is 9.59 Å². The summed E-state index contributed by atoms with van der Waals surface area (Å²) in [6.45, 7) is 18.1. The topological polar surface area (TPSA) is 184 Å². The van der Waals surface area contributed by atoms with Gasteiger partial charge in [-0.2, -0.15) is 0 Å². The monoisotopic (exact) mass is 542 g/mol. The van der Waals surface area contributed by atoms with Crippen molar-refractivity contribution < 1.29 is 33.5 Å². The van der Waals surface area contributed by atoms with Crippen molar-refractivity contribution in [2.75, 3.05) is 7.11 Å². The Labute approximate surface area is 225 Å². The number of nitrogens with one attached hydrogen (secondary N) is 6. The van der Waals surface area contributed by atoms with E-state index >= 15 is 0 Å². The average molecular weight is 543 g/mol. The fourth-order valence-electron chi connectivity index (χ4n) is 2.88. The van der Waals surface area contributed by atoms with Crippen LogP contribution in [0.25, 0.3) is 0 Å². The van der Waals surface area contributed by atoms with E-state index in [0.29, 0.717) is 0 Å². The second-order valence-corrected chi connectivity index (χ2v) is 12.2. The van der Waals surface area contributed by atoms with Crippen molar-refractivity contribution in [3.05, 3.63) is 0 Å². The van der Waals surface area contributed by atoms with Crippen molar-refractivity contribution in [1.82, 2.24) is 31.9 Å². The minimum atomic E-state index is -1.50. The summed E-state index contributed by atoms with van der Waals surface area (Å²) in [6.07, 6.45) is 0. The number of carbonyl (C=O) groups excluding carboxylic acids is 6. The molecule has 13 nitrogen and oxygen atoms in total. The van der Waals surface area contributed by atoms with Crippen LogP contribution in [0, 0.1) is 0 Å². The minimum Gasteiger partial charge on any atom is -0.467 e. The first kappa shape index (κ1) is 34.6. The van der Waals surface area contributed by atoms with Crippen LogP contribution < -0.4 is 31.9 Å². The van der Waals surface area contributed by atoms with E-state index in [4.69, 9.17) is 0 Å². The molecule has 13 heteroatoms. The van der Waals surface area contributed by atoms with Gasteiger partial charge in [-0.3, -0.25) is 19.2 Å². The standard InChI is InChI=1S/C25H46N6O7/c1-14(2)26-20(37)31-24(9,10)18(35)29-22(5,6)16(33)27-21(3,4)15(32)28-23(7,8)17(34)30-25(11,12)19(36)38-13/h14H,1-13H3,(H,27,33)(H,28,32)(H,29,35)(H,30,34)(H2,26,31,37). The number of urea groups is 1. The molecule has 0 aromatic heterocycles. The van der Waals surface area contributed by atoms with Crippen LogP contribution in [-0.2, 0) is 28.7 Å². The molecule has 0 atom stereocenters. The molecule has 0 aliphatic heterocycles. The molecule has 218 valence electrons. The summed E-state index contributed by atoms with van der Waals surface area (Å²) in [6, 6.07) is -0.679. The molecule has 6 amide bonds. The second-order valence-electron chi connectivity index (χ2n) is 12.2. The largest absolute Gasteiger partial charge is 0.467 e. The van der Waals surface area contributed by atoms with E-state index < -0.39 is 63.3 Å². The van der Waals surface area contributed by atoms with Crippen LogP contribution >= 0.6 is 0 Å². The molecule has 0 spiro atoms. The summed E-state index contributed by atoms with van der Waals surface area (Å²) in [7, 11) is 1.19. The Morgan fingerprint density at radius 3 is 1.03 bits per heavy atom. The molecule has 0 radical (unpaired) electrons. The zero-order valence-corrected chi connectivity index (χ0v) is 24.9. The van der Waals surface area contributed by atoms with Crippen molar-refractivity contribution in [1.29, 1.82) is 0 Å². The molecule has 0 aliphatic carbocycles. The third-order valence-corrected chi connectivity index (χ3v) is 5.52. The van der Waals surface area contributed by atoms with E-state index in [2.05, 4.69) is 36.6 Å². The fourth-order valence-corrected chi connectivity index (χ4v) is 2.88. The first-order chi connectivity index (χ1) is 16.8. The van der Waals surface area contributed by atoms with Crippen molar-refractivity contribution in [2.24, 2.45) is 0 Å². The zero-order valence-electron chi connectivity index (χ0n) is 24.9. The van der Waals surface area contributed by atoms with E-state index in [1.165, 1.54) is 76.3 Å². The Kier molecular flexibility index (Phi) is 10.9. The van der Waals surface area contributed by atoms with Gasteiger partial charge in [-0.05, 0) is 83.1 Å². The van der Waals surface area contributed by atoms with Gasteiger partial charge in [0.2, 0.25) is 23.6 Å². The molecule has 38 heavy (non-hydrogen) atoms. The highest BCUT2D eigenvalue weighted by molar-refractivity contribution is 6.00. The van der Waals surface area contributed by atoms with E-state index in [-0.39, 0.29) is 6.04 Å². The smallest absolute Gasteiger partial charge is 0.330 e. The molecule has 0 heterocycles. The molecule has 0 rings (SSSR count). The van der Waals surface area contributed by atoms with Gasteiger partial charge in [0.25, 0.3) is 0 Å². The van der Waals surface area contributed by atoms with Gasteiger partial charge in [0.1, 0.15) is 27.7 Å². The van der Waals surface area contributed by atoms with Crippen LogP contribution in [0.15, 0.2) is 0 Å². The van der Waals surface area contributed by atoms with Gasteiger partial charge in [0.05, 0.1) is 7.11 Å². The number of hydrogen-bond acceptors (Lipinski definition) is 7. The highest BCUT2D eigenvalue weighted by atomic mass is 16.5. The fraction of sp³-hybridized carbons (Fsp3) is 0.760. The van der Waals surface area contributed by atoms with E-state index in [1.54, 1.807) is 13.8 Å². The lowest BCUT2D eigenvalue weighted by atomic mass is 9.94. The maximum absolute atomic E-state index is 13.1. The van der Waals surface area contributed by atoms with Gasteiger partial charge >= 0.3 is 12.0 Å². The normalized spacial score (nSPS) is 12.7. The predicted molar refractivity (Wildman–Crippen MR) is 142 cm³/mol. The number of methoxy groups -OCH3 is 1. The van der Waals surface area contributed by atoms with E-state index in [9.17, 15) is 28.8 Å². The average Bonchev–Trinajstić information content (AvgIpc) is 2.70. The predicted octanol–water partition coefficient (Wildman–Crippen LogP) is 0.225. The highest BCUT2D eigenvalue weighted by Gasteiger charge is 2.43. The third-order valence-electron chi connectivity index (χ3n) is 5.52. The number of amides is 6. The Bertz CT molecular complexity index is 952. The number of rotatable bonds is 11. The first-order valence-electron chi connectivity index (χ1n) is 12.3. The molecule has 0 aromatic rings. The maximum atomic E-state index is 13.1. The van der Waals surface area contributed by atoms with Gasteiger partial charge in [-0.15, -0.1) is 0 Å². The molecular formula is C25H46N6O7. The molecule has 0 fully saturated rings. The third kappa shape index (κ3) is 9.82. The zero-order chi connectivity index (χ0) is 30.5. The lowest BCUT2D eigenvalue weighted by Gasteiger charge is -2.36. The van der Waals surface area contributed by atoms with Crippen molar-refractivity contribution in [3.63, 3.8) is 0 Å². The van der Waals surface area contributed by atoms with Gasteiger partial charge in [-0.1, -0.05) is 0 Å². The quantitative estimate of drug-likeness (QED) is 0.202. The molecular weight excluding hydrogens is 496 g/mol. The molecule has 0 saturated carbocycles. The Morgan fingerprint density at radius 1 is 0.500 bits per heavy atom. The summed E-state index contributed by atoms with van der Waals surface area (Å²) >= 11 is 0. The Morgan fingerprint density at radius 2 is 0.763 bits per heavy atom. The first-order valence-corrected chi connectivity index (χ1v) is 12.3. The number of ether oxygens (including phenoxy) is 1. The molecule has 0 saturated heterocycles. The van der Waals surface area contributed by atoms with E-state index in [1.807, 2.05) is 0 Å². The summed E-state index contributed by atoms with van der Waals surface area (Å²) < 4.78 is 4.68. The highest BCUT2D eigenvalue weighted by Crippen LogP contribution is 2.15. The molecule has 0 unspecified atom stereocenters. The van der Waals surface area contributed by atoms with Gasteiger partial charge in [0, 0.05) is 6.04 Å². The summed E-state index contributed by atoms with van der Waals surface area (Å²) in [5.74, 6) is -3.29. The SMILES string of the molecule is COC(=O)C(C)(C)NC(=O)C(C)(C)NC(=O)C(C)(C)NC(=O)C(C)(C)NC(=O)C(C)(C)NC(=O)NC(C)C. The van der Waals surface area contributed by atoms with Crippen LogP contribution in [0.4, 0.5) is 4.79 Å². The van der Waals surface area contributed by atoms with Crippen LogP contribution in [0.3, 0.4) is 0 Å². The summed E-state index contributed by atoms with van der Waals surface area (Å²) in [5, 5.41) is 15.5. The Hall–Kier alpha value is -3.38. The lowest BCUT2D eigenvalue weighted by Crippen LogP contribution is -2.68. The summed E-state index contributed by atoms with van der Waals surface area (Å²) in [4.78, 5) is 75.7. The number of hydrogen-bond donors (Lipinski definition) is 6. The Balaban J connectivity index is 5.41. The molecule has 0 aromatic carbocycles. The summed E-state index contributed by atoms with van der Waals surface area (Å²) in [5.41, 5.74) is -7.12. The molecule has 6 N–H and O–H groups in total. The molecule has 0 bridgehead atoms. The van der Waals surface area contributed by atoms with Crippen LogP contribution in [0.2, 0.25) is 0 Å². The minimum absolute atomic E-state index is 0.139. The van der Waals surface area contributed by atoms with Gasteiger partial charge in [0.15, 0.2) is 0 Å². The van der Waals surface area contributed by atoms with E-state index in [0.717, 1.165) is 0 Å². The number of carbonyl (C=O) groups is 6.